The molecule has 0 aliphatic heterocycles. The zero-order chi connectivity index (χ0) is 14.0. The third-order valence-corrected chi connectivity index (χ3v) is 5.81. The second kappa shape index (κ2) is 5.41. The number of nitrogens with one attached hydrogen (secondary N) is 2. The topological polar surface area (TPSA) is 112 Å². The van der Waals surface area contributed by atoms with Gasteiger partial charge in [-0.05, 0) is 28.1 Å². The molecule has 2 aromatic heterocycles. The number of halogens is 1. The van der Waals surface area contributed by atoms with Crippen molar-refractivity contribution < 1.29 is 18.3 Å². The van der Waals surface area contributed by atoms with Gasteiger partial charge >= 0.3 is 5.97 Å². The number of carboxylic acid groups (broad SMARTS) is 1. The van der Waals surface area contributed by atoms with E-state index in [1.165, 1.54) is 6.20 Å². The number of rotatable bonds is 5. The zero-order valence-corrected chi connectivity index (χ0v) is 12.5. The molecule has 2 rings (SSSR count). The molecule has 0 amide bonds. The fraction of sp³-hybridized carbons (Fsp3) is 0.111. The maximum Gasteiger partial charge on any atom is 0.345 e. The van der Waals surface area contributed by atoms with E-state index in [9.17, 15) is 13.2 Å². The molecule has 19 heavy (non-hydrogen) atoms. The van der Waals surface area contributed by atoms with Gasteiger partial charge in [-0.15, -0.1) is 11.3 Å². The summed E-state index contributed by atoms with van der Waals surface area (Å²) >= 11 is 3.91. The highest BCUT2D eigenvalue weighted by Crippen LogP contribution is 2.31. The number of hydrogen-bond acceptors (Lipinski definition) is 5. The molecule has 3 N–H and O–H groups in total. The molecule has 0 aromatic carbocycles. The first-order valence-electron chi connectivity index (χ1n) is 4.90. The number of hydrogen-bond donors (Lipinski definition) is 3. The first-order valence-corrected chi connectivity index (χ1v) is 8.00. The molecule has 0 unspecified atom stereocenters. The Morgan fingerprint density at radius 3 is 2.84 bits per heavy atom. The van der Waals surface area contributed by atoms with Crippen LogP contribution in [-0.2, 0) is 16.6 Å². The molecule has 0 fully saturated rings. The Morgan fingerprint density at radius 1 is 1.58 bits per heavy atom. The zero-order valence-electron chi connectivity index (χ0n) is 9.25. The lowest BCUT2D eigenvalue weighted by atomic mass is 10.4. The minimum atomic E-state index is -3.78. The van der Waals surface area contributed by atoms with Gasteiger partial charge in [0, 0.05) is 6.20 Å². The molecule has 0 saturated heterocycles. The largest absolute Gasteiger partial charge is 0.477 e. The lowest BCUT2D eigenvalue weighted by Gasteiger charge is -2.03. The van der Waals surface area contributed by atoms with Crippen LogP contribution in [0.1, 0.15) is 15.4 Å². The number of nitrogens with zero attached hydrogens (tertiary/aromatic N) is 1. The third-order valence-electron chi connectivity index (χ3n) is 2.17. The van der Waals surface area contributed by atoms with Crippen molar-refractivity contribution in [1.82, 2.24) is 14.9 Å². The smallest absolute Gasteiger partial charge is 0.345 e. The minimum Gasteiger partial charge on any atom is -0.477 e. The van der Waals surface area contributed by atoms with E-state index in [2.05, 4.69) is 30.8 Å². The Labute approximate surface area is 120 Å². The number of sulfonamides is 1. The highest BCUT2D eigenvalue weighted by Gasteiger charge is 2.22. The van der Waals surface area contributed by atoms with E-state index in [1.54, 1.807) is 6.07 Å². The lowest BCUT2D eigenvalue weighted by molar-refractivity contribution is 0.0702. The van der Waals surface area contributed by atoms with Crippen LogP contribution in [0.15, 0.2) is 27.0 Å². The summed E-state index contributed by atoms with van der Waals surface area (Å²) in [5.41, 5.74) is 0.605. The van der Waals surface area contributed by atoms with Gasteiger partial charge in [0.05, 0.1) is 16.0 Å². The Balaban J connectivity index is 2.22. The van der Waals surface area contributed by atoms with E-state index in [1.807, 2.05) is 0 Å². The molecule has 0 saturated carbocycles. The number of aromatic nitrogens is 2. The molecular weight excluding hydrogens is 358 g/mol. The summed E-state index contributed by atoms with van der Waals surface area (Å²) in [6.07, 6.45) is 1.51. The van der Waals surface area contributed by atoms with E-state index in [0.29, 0.717) is 5.69 Å². The molecule has 0 atom stereocenters. The van der Waals surface area contributed by atoms with Crippen molar-refractivity contribution in [2.75, 3.05) is 0 Å². The van der Waals surface area contributed by atoms with E-state index in [-0.39, 0.29) is 20.1 Å². The second-order valence-corrected chi connectivity index (χ2v) is 7.57. The van der Waals surface area contributed by atoms with E-state index < -0.39 is 16.0 Å². The summed E-state index contributed by atoms with van der Waals surface area (Å²) < 4.78 is 26.7. The Bertz CT molecular complexity index is 693. The van der Waals surface area contributed by atoms with E-state index in [4.69, 9.17) is 5.11 Å². The van der Waals surface area contributed by atoms with Crippen LogP contribution in [0.5, 0.6) is 0 Å². The van der Waals surface area contributed by atoms with E-state index in [0.717, 1.165) is 17.4 Å². The maximum absolute atomic E-state index is 12.0. The molecule has 0 bridgehead atoms. The van der Waals surface area contributed by atoms with Crippen LogP contribution in [0.25, 0.3) is 0 Å². The molecule has 0 aliphatic rings. The van der Waals surface area contributed by atoms with Gasteiger partial charge in [-0.1, -0.05) is 0 Å². The van der Waals surface area contributed by atoms with Crippen molar-refractivity contribution in [3.8, 4) is 0 Å². The van der Waals surface area contributed by atoms with Crippen molar-refractivity contribution in [1.29, 1.82) is 0 Å². The van der Waals surface area contributed by atoms with Crippen molar-refractivity contribution in [2.24, 2.45) is 0 Å². The molecule has 0 aliphatic carbocycles. The van der Waals surface area contributed by atoms with Gasteiger partial charge < -0.3 is 5.11 Å². The molecule has 2 heterocycles. The van der Waals surface area contributed by atoms with Gasteiger partial charge in [0.15, 0.2) is 0 Å². The van der Waals surface area contributed by atoms with Crippen LogP contribution in [0.2, 0.25) is 0 Å². The molecule has 2 aromatic rings. The highest BCUT2D eigenvalue weighted by atomic mass is 79.9. The molecule has 0 radical (unpaired) electrons. The molecular formula is C9H8BrN3O4S2. The second-order valence-electron chi connectivity index (χ2n) is 3.46. The van der Waals surface area contributed by atoms with Crippen molar-refractivity contribution in [3.63, 3.8) is 0 Å². The number of aromatic carboxylic acids is 1. The average Bonchev–Trinajstić information content (AvgIpc) is 2.95. The van der Waals surface area contributed by atoms with Gasteiger partial charge in [-0.25, -0.2) is 17.9 Å². The number of carboxylic acids is 1. The van der Waals surface area contributed by atoms with Crippen molar-refractivity contribution in [2.45, 2.75) is 11.4 Å². The molecule has 0 spiro atoms. The quantitative estimate of drug-likeness (QED) is 0.741. The SMILES string of the molecule is O=C(O)c1cc(S(=O)(=O)NCc2ccn[nH]2)c(Br)s1. The number of aromatic amines is 1. The normalized spacial score (nSPS) is 11.6. The van der Waals surface area contributed by atoms with Gasteiger partial charge in [-0.3, -0.25) is 5.10 Å². The Hall–Kier alpha value is -1.23. The molecule has 10 heteroatoms. The highest BCUT2D eigenvalue weighted by molar-refractivity contribution is 9.11. The van der Waals surface area contributed by atoms with Crippen LogP contribution in [0, 0.1) is 0 Å². The number of thiophene rings is 1. The Morgan fingerprint density at radius 2 is 2.32 bits per heavy atom. The summed E-state index contributed by atoms with van der Waals surface area (Å²) in [7, 11) is -3.78. The van der Waals surface area contributed by atoms with Crippen LogP contribution < -0.4 is 4.72 Å². The van der Waals surface area contributed by atoms with Gasteiger partial charge in [0.25, 0.3) is 0 Å². The van der Waals surface area contributed by atoms with Crippen molar-refractivity contribution in [3.05, 3.63) is 32.7 Å². The molecule has 102 valence electrons. The van der Waals surface area contributed by atoms with Crippen LogP contribution in [-0.4, -0.2) is 29.7 Å². The third kappa shape index (κ3) is 3.21. The fourth-order valence-corrected chi connectivity index (χ4v) is 4.68. The summed E-state index contributed by atoms with van der Waals surface area (Å²) in [6, 6.07) is 2.75. The maximum atomic E-state index is 12.0. The first kappa shape index (κ1) is 14.2. The van der Waals surface area contributed by atoms with Gasteiger partial charge in [0.1, 0.15) is 9.77 Å². The van der Waals surface area contributed by atoms with Gasteiger partial charge in [0.2, 0.25) is 10.0 Å². The summed E-state index contributed by atoms with van der Waals surface area (Å²) in [4.78, 5) is 10.7. The Kier molecular flexibility index (Phi) is 4.04. The van der Waals surface area contributed by atoms with E-state index >= 15 is 0 Å². The van der Waals surface area contributed by atoms with Crippen LogP contribution >= 0.6 is 27.3 Å². The van der Waals surface area contributed by atoms with Gasteiger partial charge in [-0.2, -0.15) is 5.10 Å². The summed E-state index contributed by atoms with van der Waals surface area (Å²) in [6.45, 7) is 0.0486. The predicted molar refractivity (Wildman–Crippen MR) is 71.6 cm³/mol. The first-order chi connectivity index (χ1) is 8.90. The number of H-pyrrole nitrogens is 1. The minimum absolute atomic E-state index is 0.0474. The standard InChI is InChI=1S/C9H8BrN3O4S2/c10-8-7(3-6(18-8)9(14)15)19(16,17)12-4-5-1-2-11-13-5/h1-3,12H,4H2,(H,11,13)(H,14,15). The van der Waals surface area contributed by atoms with Crippen LogP contribution in [0.4, 0.5) is 0 Å². The number of carbonyl (C=O) groups is 1. The lowest BCUT2D eigenvalue weighted by Crippen LogP contribution is -2.23. The summed E-state index contributed by atoms with van der Waals surface area (Å²) in [5.74, 6) is -1.17. The predicted octanol–water partition coefficient (Wildman–Crippen LogP) is 1.41. The average molecular weight is 366 g/mol. The van der Waals surface area contributed by atoms with Crippen LogP contribution in [0.3, 0.4) is 0 Å². The fourth-order valence-electron chi connectivity index (χ4n) is 1.27. The van der Waals surface area contributed by atoms with Crippen molar-refractivity contribution >= 4 is 43.3 Å². The summed E-state index contributed by atoms with van der Waals surface area (Å²) in [5, 5.41) is 15.1. The molecule has 7 nitrogen and oxygen atoms in total. The monoisotopic (exact) mass is 365 g/mol.